The maximum atomic E-state index is 16.1. The second-order valence-corrected chi connectivity index (χ2v) is 13.1. The van der Waals surface area contributed by atoms with Gasteiger partial charge in [0, 0.05) is 59.6 Å². The minimum Gasteiger partial charge on any atom is -0.490 e. The highest BCUT2D eigenvalue weighted by atomic mass is 32.1. The van der Waals surface area contributed by atoms with E-state index in [4.69, 9.17) is 19.6 Å². The van der Waals surface area contributed by atoms with Crippen LogP contribution in [0, 0.1) is 11.6 Å². The van der Waals surface area contributed by atoms with E-state index in [-0.39, 0.29) is 36.5 Å². The first-order valence-electron chi connectivity index (χ1n) is 15.6. The van der Waals surface area contributed by atoms with Gasteiger partial charge in [0.05, 0.1) is 36.6 Å². The molecule has 3 aromatic heterocycles. The fraction of sp³-hybridized carbons (Fsp3) is 0.306. The molecule has 0 bridgehead atoms. The Morgan fingerprint density at radius 2 is 1.94 bits per heavy atom. The summed E-state index contributed by atoms with van der Waals surface area (Å²) >= 11 is 1.46. The van der Waals surface area contributed by atoms with E-state index in [1.807, 2.05) is 29.1 Å². The van der Waals surface area contributed by atoms with Crippen LogP contribution in [0.5, 0.6) is 5.75 Å². The molecular weight excluding hydrogens is 620 g/mol. The summed E-state index contributed by atoms with van der Waals surface area (Å²) < 4.78 is 44.5. The van der Waals surface area contributed by atoms with Crippen LogP contribution in [0.3, 0.4) is 0 Å². The van der Waals surface area contributed by atoms with Gasteiger partial charge in [-0.05, 0) is 61.2 Å². The van der Waals surface area contributed by atoms with E-state index < -0.39 is 11.6 Å². The minimum atomic E-state index is -0.763. The van der Waals surface area contributed by atoms with E-state index in [1.165, 1.54) is 41.7 Å². The number of halogens is 2. The molecule has 0 spiro atoms. The van der Waals surface area contributed by atoms with Gasteiger partial charge in [-0.2, -0.15) is 5.10 Å². The number of carbonyl (C=O) groups is 1. The molecule has 0 fully saturated rings. The molecule has 5 aromatic rings. The topological polar surface area (TPSA) is 72.7 Å². The van der Waals surface area contributed by atoms with Crippen LogP contribution in [-0.2, 0) is 35.6 Å². The largest absolute Gasteiger partial charge is 0.490 e. The molecule has 2 aromatic carbocycles. The van der Waals surface area contributed by atoms with Crippen LogP contribution in [0.25, 0.3) is 43.9 Å². The van der Waals surface area contributed by atoms with Crippen molar-refractivity contribution in [1.29, 1.82) is 0 Å². The standard InChI is InChI=1S/C36H35F2N5O3S/c1-5-31(44)42-20-26-17-29(40-43(26)18-21(42)2)35-33(32-28(38)15-25(37)16-30(32)46-12-11-45-4)36-27(9-13-47-36)34(39-35)23-6-7-24-19-41(3)10-8-22(24)14-23/h5-7,9,13-17,21H,1,8,10-12,18-20H2,2-4H3. The third kappa shape index (κ3) is 5.72. The van der Waals surface area contributed by atoms with E-state index in [1.54, 1.807) is 4.90 Å². The molecule has 1 amide bonds. The summed E-state index contributed by atoms with van der Waals surface area (Å²) in [4.78, 5) is 21.9. The van der Waals surface area contributed by atoms with E-state index in [0.29, 0.717) is 30.0 Å². The van der Waals surface area contributed by atoms with Gasteiger partial charge in [-0.25, -0.2) is 13.8 Å². The first-order chi connectivity index (χ1) is 22.7. The maximum absolute atomic E-state index is 16.1. The van der Waals surface area contributed by atoms with E-state index in [9.17, 15) is 9.18 Å². The number of aromatic nitrogens is 3. The van der Waals surface area contributed by atoms with Gasteiger partial charge in [0.25, 0.3) is 0 Å². The number of hydrogen-bond donors (Lipinski definition) is 0. The van der Waals surface area contributed by atoms with E-state index >= 15 is 4.39 Å². The smallest absolute Gasteiger partial charge is 0.246 e. The lowest BCUT2D eigenvalue weighted by molar-refractivity contribution is -0.129. The zero-order valence-electron chi connectivity index (χ0n) is 26.6. The third-order valence-corrected chi connectivity index (χ3v) is 9.90. The van der Waals surface area contributed by atoms with Crippen molar-refractivity contribution in [2.24, 2.45) is 0 Å². The summed E-state index contributed by atoms with van der Waals surface area (Å²) in [5.74, 6) is -1.60. The zero-order valence-corrected chi connectivity index (χ0v) is 27.4. The second kappa shape index (κ2) is 12.6. The van der Waals surface area contributed by atoms with Crippen molar-refractivity contribution < 1.29 is 23.0 Å². The average molecular weight is 656 g/mol. The molecule has 1 atom stereocenters. The molecule has 7 rings (SSSR count). The predicted molar refractivity (Wildman–Crippen MR) is 179 cm³/mol. The zero-order chi connectivity index (χ0) is 32.8. The first-order valence-corrected chi connectivity index (χ1v) is 16.5. The molecule has 2 aliphatic heterocycles. The quantitative estimate of drug-likeness (QED) is 0.137. The van der Waals surface area contributed by atoms with Crippen molar-refractivity contribution in [2.45, 2.75) is 39.0 Å². The summed E-state index contributed by atoms with van der Waals surface area (Å²) in [6, 6.07) is 12.3. The van der Waals surface area contributed by atoms with Gasteiger partial charge in [-0.3, -0.25) is 9.48 Å². The number of thiophene rings is 1. The van der Waals surface area contributed by atoms with Crippen molar-refractivity contribution >= 4 is 27.3 Å². The van der Waals surface area contributed by atoms with Crippen LogP contribution in [-0.4, -0.2) is 70.4 Å². The third-order valence-electron chi connectivity index (χ3n) is 8.97. The Morgan fingerprint density at radius 3 is 2.74 bits per heavy atom. The lowest BCUT2D eigenvalue weighted by Crippen LogP contribution is -2.44. The first kappa shape index (κ1) is 31.2. The molecule has 1 unspecified atom stereocenters. The number of methoxy groups -OCH3 is 1. The van der Waals surface area contributed by atoms with Gasteiger partial charge in [0.2, 0.25) is 5.91 Å². The van der Waals surface area contributed by atoms with Crippen molar-refractivity contribution in [2.75, 3.05) is 33.9 Å². The van der Waals surface area contributed by atoms with Crippen molar-refractivity contribution in [3.63, 3.8) is 0 Å². The number of amides is 1. The molecule has 0 saturated carbocycles. The van der Waals surface area contributed by atoms with Crippen molar-refractivity contribution in [3.8, 4) is 39.5 Å². The van der Waals surface area contributed by atoms with Gasteiger partial charge < -0.3 is 19.3 Å². The molecule has 8 nitrogen and oxygen atoms in total. The predicted octanol–water partition coefficient (Wildman–Crippen LogP) is 6.70. The van der Waals surface area contributed by atoms with Crippen LogP contribution < -0.4 is 4.74 Å². The summed E-state index contributed by atoms with van der Waals surface area (Å²) in [5.41, 5.74) is 6.68. The highest BCUT2D eigenvalue weighted by Crippen LogP contribution is 2.47. The van der Waals surface area contributed by atoms with E-state index in [0.717, 1.165) is 52.6 Å². The minimum absolute atomic E-state index is 0.0586. The summed E-state index contributed by atoms with van der Waals surface area (Å²) in [5, 5.41) is 7.78. The monoisotopic (exact) mass is 655 g/mol. The molecule has 0 saturated heterocycles. The number of benzene rings is 2. The summed E-state index contributed by atoms with van der Waals surface area (Å²) in [6.07, 6.45) is 2.26. The Morgan fingerprint density at radius 1 is 1.09 bits per heavy atom. The Bertz CT molecular complexity index is 2020. The SMILES string of the molecule is C=CC(=O)N1Cc2cc(-c3nc(-c4ccc5c(c4)CCN(C)C5)c4ccsc4c3-c3c(F)cc(F)cc3OCCOC)nn2CC1C. The van der Waals surface area contributed by atoms with E-state index in [2.05, 4.69) is 36.7 Å². The Hall–Kier alpha value is -4.45. The van der Waals surface area contributed by atoms with Gasteiger partial charge in [0.15, 0.2) is 0 Å². The van der Waals surface area contributed by atoms with Gasteiger partial charge in [-0.1, -0.05) is 18.7 Å². The Labute approximate surface area is 275 Å². The lowest BCUT2D eigenvalue weighted by Gasteiger charge is -2.33. The lowest BCUT2D eigenvalue weighted by atomic mass is 9.93. The van der Waals surface area contributed by atoms with Gasteiger partial charge in [0.1, 0.15) is 35.4 Å². The molecule has 242 valence electrons. The molecule has 5 heterocycles. The van der Waals surface area contributed by atoms with Crippen LogP contribution in [0.2, 0.25) is 0 Å². The van der Waals surface area contributed by atoms with Gasteiger partial charge in [-0.15, -0.1) is 11.3 Å². The Balaban J connectivity index is 1.47. The molecule has 2 aliphatic rings. The molecular formula is C36H35F2N5O3S. The van der Waals surface area contributed by atoms with Crippen molar-refractivity contribution in [3.05, 3.63) is 89.0 Å². The molecule has 47 heavy (non-hydrogen) atoms. The van der Waals surface area contributed by atoms with Crippen LogP contribution >= 0.6 is 11.3 Å². The van der Waals surface area contributed by atoms with Crippen LogP contribution in [0.15, 0.2) is 60.5 Å². The number of fused-ring (bicyclic) bond motifs is 3. The van der Waals surface area contributed by atoms with Crippen LogP contribution in [0.1, 0.15) is 23.7 Å². The highest BCUT2D eigenvalue weighted by Gasteiger charge is 2.30. The Kier molecular flexibility index (Phi) is 8.37. The second-order valence-electron chi connectivity index (χ2n) is 12.1. The number of pyridine rings is 1. The maximum Gasteiger partial charge on any atom is 0.246 e. The number of carbonyl (C=O) groups excluding carboxylic acids is 1. The molecule has 11 heteroatoms. The number of hydrogen-bond acceptors (Lipinski definition) is 7. The van der Waals surface area contributed by atoms with Gasteiger partial charge >= 0.3 is 0 Å². The number of likely N-dealkylation sites (N-methyl/N-ethyl adjacent to an activating group) is 1. The normalized spacial score (nSPS) is 16.3. The molecule has 0 radical (unpaired) electrons. The fourth-order valence-corrected chi connectivity index (χ4v) is 7.54. The van der Waals surface area contributed by atoms with Crippen molar-refractivity contribution in [1.82, 2.24) is 24.6 Å². The number of rotatable bonds is 8. The number of nitrogens with zero attached hydrogens (tertiary/aromatic N) is 5. The fourth-order valence-electron chi connectivity index (χ4n) is 6.59. The summed E-state index contributed by atoms with van der Waals surface area (Å²) in [7, 11) is 3.66. The average Bonchev–Trinajstić information content (AvgIpc) is 3.71. The summed E-state index contributed by atoms with van der Waals surface area (Å²) in [6.45, 7) is 8.67. The highest BCUT2D eigenvalue weighted by molar-refractivity contribution is 7.18. The molecule has 0 N–H and O–H groups in total. The molecule has 0 aliphatic carbocycles. The van der Waals surface area contributed by atoms with Crippen LogP contribution in [0.4, 0.5) is 8.78 Å². The number of ether oxygens (including phenoxy) is 2.